The van der Waals surface area contributed by atoms with Gasteiger partial charge >= 0.3 is 12.2 Å². The molecule has 0 saturated heterocycles. The molecular formula is C48H76ClN3O9. The lowest BCUT2D eigenvalue weighted by molar-refractivity contribution is -0.253. The molecule has 13 heteroatoms. The molecule has 6 atom stereocenters. The maximum Gasteiger partial charge on any atom is 0.412 e. The summed E-state index contributed by atoms with van der Waals surface area (Å²) >= 11 is 5.95. The second-order valence-electron chi connectivity index (χ2n) is 17.9. The lowest BCUT2D eigenvalue weighted by Gasteiger charge is -2.59. The molecule has 1 saturated carbocycles. The highest BCUT2D eigenvalue weighted by atomic mass is 35.5. The largest absolute Gasteiger partial charge is 0.459 e. The van der Waals surface area contributed by atoms with E-state index in [0.29, 0.717) is 36.6 Å². The fourth-order valence-corrected chi connectivity index (χ4v) is 9.36. The molecule has 0 radical (unpaired) electrons. The van der Waals surface area contributed by atoms with Crippen LogP contribution < -0.4 is 14.8 Å². The van der Waals surface area contributed by atoms with Gasteiger partial charge in [-0.05, 0) is 88.5 Å². The van der Waals surface area contributed by atoms with Gasteiger partial charge in [-0.3, -0.25) is 0 Å². The molecule has 0 unspecified atom stereocenters. The molecule has 0 aromatic heterocycles. The third-order valence-corrected chi connectivity index (χ3v) is 12.3. The lowest BCUT2D eigenvalue weighted by Crippen LogP contribution is -2.69. The highest BCUT2D eigenvalue weighted by molar-refractivity contribution is 6.18. The van der Waals surface area contributed by atoms with E-state index in [1.54, 1.807) is 19.2 Å². The first-order valence-corrected chi connectivity index (χ1v) is 23.7. The van der Waals surface area contributed by atoms with Gasteiger partial charge in [-0.15, -0.1) is 18.2 Å². The Labute approximate surface area is 370 Å². The van der Waals surface area contributed by atoms with Crippen LogP contribution in [0.4, 0.5) is 9.59 Å². The highest BCUT2D eigenvalue weighted by Gasteiger charge is 2.65. The number of oxime groups is 1. The van der Waals surface area contributed by atoms with E-state index in [4.69, 9.17) is 40.5 Å². The number of fused-ring (bicyclic) bond motifs is 2. The number of likely N-dealkylation sites (N-methyl/N-ethyl adjacent to an activating group) is 1. The number of amides is 2. The normalized spacial score (nSPS) is 23.6. The highest BCUT2D eigenvalue weighted by Crippen LogP contribution is 2.62. The van der Waals surface area contributed by atoms with E-state index in [-0.39, 0.29) is 56.5 Å². The maximum absolute atomic E-state index is 13.7. The zero-order valence-electron chi connectivity index (χ0n) is 37.8. The maximum atomic E-state index is 13.7. The van der Waals surface area contributed by atoms with E-state index in [2.05, 4.69) is 24.9 Å². The fourth-order valence-electron chi connectivity index (χ4n) is 9.28. The van der Waals surface area contributed by atoms with E-state index in [0.717, 1.165) is 56.1 Å². The van der Waals surface area contributed by atoms with Gasteiger partial charge in [0.05, 0.1) is 24.1 Å². The number of nitrogens with one attached hydrogen (secondary N) is 1. The minimum absolute atomic E-state index is 0.0193. The van der Waals surface area contributed by atoms with Gasteiger partial charge in [-0.2, -0.15) is 0 Å². The van der Waals surface area contributed by atoms with Gasteiger partial charge in [0, 0.05) is 44.7 Å². The molecule has 1 heterocycles. The standard InChI is InChI=1S/C48H76ClN3O9/c1-7-9-10-11-12-13-14-15-16-19-27-50-45(55)59-36-24-25-41-39(33-36)43-37(23-18-21-29-54)35(22-17-20-28-53)32-38-40(51-61-47(3,4)5)34-42(52(6)46(56)57-31-26-49)48(60-41,44(38)43)58-30-8-2/h8,24-25,32-33,35,37,42-44,53-54H,2,7,9-23,26-31,34H2,1,3-6H3,(H,50,55)/t35-,37+,42-,43+,44+,48+/m0/s1. The number of aliphatic hydroxyl groups is 2. The average Bonchev–Trinajstić information content (AvgIpc) is 3.23. The van der Waals surface area contributed by atoms with Crippen LogP contribution in [0.2, 0.25) is 0 Å². The Balaban J connectivity index is 1.74. The molecule has 0 spiro atoms. The summed E-state index contributed by atoms with van der Waals surface area (Å²) in [7, 11) is 1.68. The van der Waals surface area contributed by atoms with Crippen molar-refractivity contribution in [3.63, 3.8) is 0 Å². The SMILES string of the molecule is C=CCO[C@@]12Oc3ccc(OC(=O)NCCCCCCCCCCCC)cc3[C@H]3[C@H](CCCCO)[C@@H](CCCCO)C=C(C(=NOC(C)(C)C)C[C@@H]1N(C)C(=O)OCCCl)[C@H]32. The molecule has 1 aromatic carbocycles. The van der Waals surface area contributed by atoms with Crippen molar-refractivity contribution in [2.45, 2.75) is 160 Å². The number of carbonyl (C=O) groups excluding carboxylic acids is 2. The Hall–Kier alpha value is -3.32. The van der Waals surface area contributed by atoms with E-state index < -0.39 is 35.5 Å². The van der Waals surface area contributed by atoms with Gasteiger partial charge < -0.3 is 44.2 Å². The molecule has 2 amide bonds. The van der Waals surface area contributed by atoms with Gasteiger partial charge in [-0.25, -0.2) is 9.59 Å². The Kier molecular flexibility index (Phi) is 21.2. The number of rotatable bonds is 27. The fraction of sp³-hybridized carbons (Fsp3) is 0.729. The zero-order chi connectivity index (χ0) is 44.3. The smallest absolute Gasteiger partial charge is 0.412 e. The summed E-state index contributed by atoms with van der Waals surface area (Å²) in [4.78, 5) is 34.6. The number of hydrogen-bond acceptors (Lipinski definition) is 10. The van der Waals surface area contributed by atoms with Gasteiger partial charge in [0.15, 0.2) is 0 Å². The molecule has 1 fully saturated rings. The van der Waals surface area contributed by atoms with Crippen molar-refractivity contribution in [2.75, 3.05) is 45.9 Å². The summed E-state index contributed by atoms with van der Waals surface area (Å²) in [6.45, 7) is 12.9. The molecule has 1 aliphatic heterocycles. The summed E-state index contributed by atoms with van der Waals surface area (Å²) in [6.07, 6.45) is 19.7. The number of unbranched alkanes of at least 4 members (excludes halogenated alkanes) is 11. The first kappa shape index (κ1) is 50.3. The summed E-state index contributed by atoms with van der Waals surface area (Å²) in [5, 5.41) is 27.5. The van der Waals surface area contributed by atoms with Crippen LogP contribution in [-0.4, -0.2) is 96.3 Å². The predicted molar refractivity (Wildman–Crippen MR) is 241 cm³/mol. The topological polar surface area (TPSA) is 148 Å². The number of carbonyl (C=O) groups is 2. The van der Waals surface area contributed by atoms with Gasteiger partial charge in [0.2, 0.25) is 5.79 Å². The van der Waals surface area contributed by atoms with E-state index >= 15 is 0 Å². The van der Waals surface area contributed by atoms with Crippen LogP contribution in [0.15, 0.2) is 47.7 Å². The molecule has 61 heavy (non-hydrogen) atoms. The monoisotopic (exact) mass is 874 g/mol. The van der Waals surface area contributed by atoms with Crippen LogP contribution in [0.3, 0.4) is 0 Å². The van der Waals surface area contributed by atoms with Crippen LogP contribution in [-0.2, 0) is 14.3 Å². The van der Waals surface area contributed by atoms with Gasteiger partial charge in [0.1, 0.15) is 29.7 Å². The molecule has 4 rings (SSSR count). The number of allylic oxidation sites excluding steroid dienone is 1. The third kappa shape index (κ3) is 14.3. The van der Waals surface area contributed by atoms with Crippen molar-refractivity contribution in [1.29, 1.82) is 0 Å². The first-order valence-electron chi connectivity index (χ1n) is 23.1. The molecule has 3 N–H and O–H groups in total. The Morgan fingerprint density at radius 2 is 1.67 bits per heavy atom. The van der Waals surface area contributed by atoms with Crippen molar-refractivity contribution in [1.82, 2.24) is 10.2 Å². The lowest BCUT2D eigenvalue weighted by atomic mass is 9.55. The Morgan fingerprint density at radius 1 is 1.00 bits per heavy atom. The number of hydrogen-bond donors (Lipinski definition) is 3. The summed E-state index contributed by atoms with van der Waals surface area (Å²) in [5.74, 6) is -1.02. The average molecular weight is 875 g/mol. The van der Waals surface area contributed by atoms with Gasteiger partial charge in [-0.1, -0.05) is 94.9 Å². The summed E-state index contributed by atoms with van der Waals surface area (Å²) in [6, 6.07) is 4.75. The molecule has 0 bridgehead atoms. The number of aliphatic hydroxyl groups excluding tert-OH is 2. The zero-order valence-corrected chi connectivity index (χ0v) is 38.5. The molecule has 3 aliphatic rings. The number of nitrogens with zero attached hydrogens (tertiary/aromatic N) is 2. The number of benzene rings is 1. The van der Waals surface area contributed by atoms with Crippen LogP contribution >= 0.6 is 11.6 Å². The van der Waals surface area contributed by atoms with Crippen molar-refractivity contribution >= 4 is 29.5 Å². The van der Waals surface area contributed by atoms with E-state index in [9.17, 15) is 19.8 Å². The van der Waals surface area contributed by atoms with Crippen molar-refractivity contribution in [3.05, 3.63) is 48.1 Å². The van der Waals surface area contributed by atoms with Crippen LogP contribution in [0.25, 0.3) is 0 Å². The quantitative estimate of drug-likeness (QED) is 0.0340. The molecule has 344 valence electrons. The van der Waals surface area contributed by atoms with Crippen molar-refractivity contribution < 1.29 is 43.6 Å². The van der Waals surface area contributed by atoms with E-state index in [1.807, 2.05) is 32.9 Å². The number of alkyl halides is 1. The number of ether oxygens (including phenoxy) is 4. The third-order valence-electron chi connectivity index (χ3n) is 12.1. The molecule has 1 aromatic rings. The van der Waals surface area contributed by atoms with Crippen molar-refractivity contribution in [3.8, 4) is 11.5 Å². The van der Waals surface area contributed by atoms with Crippen molar-refractivity contribution in [2.24, 2.45) is 22.9 Å². The van der Waals surface area contributed by atoms with Crippen LogP contribution in [0.5, 0.6) is 11.5 Å². The number of halogens is 1. The summed E-state index contributed by atoms with van der Waals surface area (Å²) in [5.41, 5.74) is 1.85. The first-order chi connectivity index (χ1) is 29.4. The minimum atomic E-state index is -1.42. The predicted octanol–water partition coefficient (Wildman–Crippen LogP) is 10.4. The minimum Gasteiger partial charge on any atom is -0.459 e. The van der Waals surface area contributed by atoms with Crippen LogP contribution in [0, 0.1) is 17.8 Å². The van der Waals surface area contributed by atoms with Crippen LogP contribution in [0.1, 0.15) is 148 Å². The second kappa shape index (κ2) is 25.7. The summed E-state index contributed by atoms with van der Waals surface area (Å²) < 4.78 is 25.6. The molecule has 12 nitrogen and oxygen atoms in total. The molecular weight excluding hydrogens is 798 g/mol. The Morgan fingerprint density at radius 3 is 2.31 bits per heavy atom. The van der Waals surface area contributed by atoms with Gasteiger partial charge in [0.25, 0.3) is 0 Å². The van der Waals surface area contributed by atoms with E-state index in [1.165, 1.54) is 49.8 Å². The Bertz CT molecular complexity index is 1580. The molecule has 2 aliphatic carbocycles. The second-order valence-corrected chi connectivity index (χ2v) is 18.3.